The van der Waals surface area contributed by atoms with Gasteiger partial charge in [0.2, 0.25) is 5.91 Å². The van der Waals surface area contributed by atoms with Crippen molar-refractivity contribution in [3.8, 4) is 16.9 Å². The van der Waals surface area contributed by atoms with Crippen LogP contribution in [0, 0.1) is 0 Å². The van der Waals surface area contributed by atoms with Crippen LogP contribution in [0.2, 0.25) is 0 Å². The normalized spacial score (nSPS) is 13.4. The maximum atomic E-state index is 12.0. The minimum absolute atomic E-state index is 0. The van der Waals surface area contributed by atoms with Crippen LogP contribution in [0.4, 0.5) is 0 Å². The number of rotatable bonds is 5. The number of carbonyl (C=O) groups is 1. The summed E-state index contributed by atoms with van der Waals surface area (Å²) in [6.45, 7) is 7.49. The van der Waals surface area contributed by atoms with Gasteiger partial charge >= 0.3 is 0 Å². The first-order chi connectivity index (χ1) is 14.3. The quantitative estimate of drug-likeness (QED) is 0.308. The number of aryl methyl sites for hydroxylation is 1. The Morgan fingerprint density at radius 3 is 2.45 bits per heavy atom. The average molecular weight is 536 g/mol. The molecule has 0 aromatic heterocycles. The van der Waals surface area contributed by atoms with Crippen molar-refractivity contribution in [1.82, 2.24) is 16.0 Å². The Kier molecular flexibility index (Phi) is 9.15. The van der Waals surface area contributed by atoms with Gasteiger partial charge in [0, 0.05) is 19.1 Å². The number of hydrogen-bond acceptors (Lipinski definition) is 3. The van der Waals surface area contributed by atoms with Gasteiger partial charge in [0.15, 0.2) is 5.96 Å². The third kappa shape index (κ3) is 7.72. The van der Waals surface area contributed by atoms with E-state index in [0.717, 1.165) is 30.8 Å². The zero-order valence-electron chi connectivity index (χ0n) is 18.7. The SMILES string of the molecule is CN=C(NCC(=O)NC(C)(C)C)NCc1ccc(-c2ccc3c(c2)CCCO3)cc1.I. The summed E-state index contributed by atoms with van der Waals surface area (Å²) in [6.07, 6.45) is 2.15. The number of nitrogens with one attached hydrogen (secondary N) is 3. The summed E-state index contributed by atoms with van der Waals surface area (Å²) in [7, 11) is 1.69. The second-order valence-corrected chi connectivity index (χ2v) is 8.55. The molecular formula is C24H33IN4O2. The average Bonchev–Trinajstić information content (AvgIpc) is 2.72. The number of amides is 1. The van der Waals surface area contributed by atoms with E-state index in [9.17, 15) is 4.79 Å². The smallest absolute Gasteiger partial charge is 0.239 e. The number of carbonyl (C=O) groups excluding carboxylic acids is 1. The van der Waals surface area contributed by atoms with Crippen LogP contribution in [0.5, 0.6) is 5.75 Å². The molecule has 1 aliphatic heterocycles. The molecule has 0 fully saturated rings. The first-order valence-corrected chi connectivity index (χ1v) is 10.4. The molecule has 3 rings (SSSR count). The molecule has 0 unspecified atom stereocenters. The van der Waals surface area contributed by atoms with E-state index in [-0.39, 0.29) is 42.0 Å². The van der Waals surface area contributed by atoms with Gasteiger partial charge in [-0.15, -0.1) is 24.0 Å². The Morgan fingerprint density at radius 2 is 1.77 bits per heavy atom. The fourth-order valence-electron chi connectivity index (χ4n) is 3.39. The van der Waals surface area contributed by atoms with Gasteiger partial charge in [-0.25, -0.2) is 0 Å². The zero-order valence-corrected chi connectivity index (χ0v) is 21.1. The molecule has 1 amide bonds. The molecule has 0 radical (unpaired) electrons. The van der Waals surface area contributed by atoms with Crippen molar-refractivity contribution < 1.29 is 9.53 Å². The van der Waals surface area contributed by atoms with Gasteiger partial charge in [0.1, 0.15) is 5.75 Å². The van der Waals surface area contributed by atoms with Gasteiger partial charge in [-0.05, 0) is 68.0 Å². The molecule has 2 aromatic rings. The van der Waals surface area contributed by atoms with E-state index in [0.29, 0.717) is 12.5 Å². The van der Waals surface area contributed by atoms with Crippen molar-refractivity contribution in [2.75, 3.05) is 20.2 Å². The highest BCUT2D eigenvalue weighted by Crippen LogP contribution is 2.30. The van der Waals surface area contributed by atoms with Crippen LogP contribution in [0.3, 0.4) is 0 Å². The lowest BCUT2D eigenvalue weighted by atomic mass is 9.98. The van der Waals surface area contributed by atoms with Gasteiger partial charge in [0.05, 0.1) is 13.2 Å². The van der Waals surface area contributed by atoms with Crippen molar-refractivity contribution in [2.24, 2.45) is 4.99 Å². The monoisotopic (exact) mass is 536 g/mol. The van der Waals surface area contributed by atoms with Crippen molar-refractivity contribution in [3.63, 3.8) is 0 Å². The Hall–Kier alpha value is -2.29. The topological polar surface area (TPSA) is 74.8 Å². The third-order valence-corrected chi connectivity index (χ3v) is 4.81. The molecule has 0 saturated carbocycles. The number of guanidine groups is 1. The highest BCUT2D eigenvalue weighted by atomic mass is 127. The first kappa shape index (κ1) is 25.0. The molecule has 1 aliphatic rings. The van der Waals surface area contributed by atoms with Gasteiger partial charge in [-0.2, -0.15) is 0 Å². The summed E-state index contributed by atoms with van der Waals surface area (Å²) in [5.74, 6) is 1.55. The highest BCUT2D eigenvalue weighted by Gasteiger charge is 2.14. The maximum Gasteiger partial charge on any atom is 0.239 e. The van der Waals surface area contributed by atoms with Crippen LogP contribution >= 0.6 is 24.0 Å². The first-order valence-electron chi connectivity index (χ1n) is 10.4. The summed E-state index contributed by atoms with van der Waals surface area (Å²) in [4.78, 5) is 16.1. The van der Waals surface area contributed by atoms with Gasteiger partial charge in [-0.1, -0.05) is 30.3 Å². The molecule has 0 bridgehead atoms. The van der Waals surface area contributed by atoms with Gasteiger partial charge in [0.25, 0.3) is 0 Å². The molecule has 2 aromatic carbocycles. The van der Waals surface area contributed by atoms with Crippen LogP contribution < -0.4 is 20.7 Å². The summed E-state index contributed by atoms with van der Waals surface area (Å²) >= 11 is 0. The van der Waals surface area contributed by atoms with Crippen molar-refractivity contribution >= 4 is 35.8 Å². The van der Waals surface area contributed by atoms with Crippen LogP contribution in [0.15, 0.2) is 47.5 Å². The van der Waals surface area contributed by atoms with Crippen molar-refractivity contribution in [1.29, 1.82) is 0 Å². The van der Waals surface area contributed by atoms with Crippen molar-refractivity contribution in [3.05, 3.63) is 53.6 Å². The van der Waals surface area contributed by atoms with Crippen LogP contribution in [-0.2, 0) is 17.8 Å². The molecule has 1 heterocycles. The van der Waals surface area contributed by atoms with Crippen LogP contribution in [-0.4, -0.2) is 37.6 Å². The number of halogens is 1. The fraction of sp³-hybridized carbons (Fsp3) is 0.417. The predicted molar refractivity (Wildman–Crippen MR) is 137 cm³/mol. The Morgan fingerprint density at radius 1 is 1.06 bits per heavy atom. The third-order valence-electron chi connectivity index (χ3n) is 4.81. The van der Waals surface area contributed by atoms with E-state index < -0.39 is 0 Å². The fourth-order valence-corrected chi connectivity index (χ4v) is 3.39. The molecular weight excluding hydrogens is 503 g/mol. The van der Waals surface area contributed by atoms with E-state index in [4.69, 9.17) is 4.74 Å². The Labute approximate surface area is 202 Å². The largest absolute Gasteiger partial charge is 0.493 e. The lowest BCUT2D eigenvalue weighted by molar-refractivity contribution is -0.121. The number of ether oxygens (including phenoxy) is 1. The minimum atomic E-state index is -0.247. The predicted octanol–water partition coefficient (Wildman–Crippen LogP) is 3.88. The number of fused-ring (bicyclic) bond motifs is 1. The summed E-state index contributed by atoms with van der Waals surface area (Å²) in [5.41, 5.74) is 4.58. The summed E-state index contributed by atoms with van der Waals surface area (Å²) in [5, 5.41) is 9.21. The van der Waals surface area contributed by atoms with E-state index in [1.807, 2.05) is 20.8 Å². The molecule has 168 valence electrons. The number of nitrogens with zero attached hydrogens (tertiary/aromatic N) is 1. The summed E-state index contributed by atoms with van der Waals surface area (Å²) < 4.78 is 5.71. The number of aliphatic imine (C=N–C) groups is 1. The second-order valence-electron chi connectivity index (χ2n) is 8.55. The van der Waals surface area contributed by atoms with Gasteiger partial charge in [-0.3, -0.25) is 9.79 Å². The number of benzene rings is 2. The van der Waals surface area contributed by atoms with E-state index in [1.165, 1.54) is 16.7 Å². The highest BCUT2D eigenvalue weighted by molar-refractivity contribution is 14.0. The van der Waals surface area contributed by atoms with E-state index in [1.54, 1.807) is 7.05 Å². The van der Waals surface area contributed by atoms with Crippen LogP contribution in [0.1, 0.15) is 38.3 Å². The lowest BCUT2D eigenvalue weighted by Crippen LogP contribution is -2.48. The Balaban J connectivity index is 0.00000341. The molecule has 3 N–H and O–H groups in total. The van der Waals surface area contributed by atoms with E-state index in [2.05, 4.69) is 63.4 Å². The molecule has 0 atom stereocenters. The molecule has 0 spiro atoms. The lowest BCUT2D eigenvalue weighted by Gasteiger charge is -2.21. The van der Waals surface area contributed by atoms with Gasteiger partial charge < -0.3 is 20.7 Å². The molecule has 31 heavy (non-hydrogen) atoms. The molecule has 7 heteroatoms. The maximum absolute atomic E-state index is 12.0. The van der Waals surface area contributed by atoms with E-state index >= 15 is 0 Å². The summed E-state index contributed by atoms with van der Waals surface area (Å²) in [6, 6.07) is 14.9. The number of hydrogen-bond donors (Lipinski definition) is 3. The van der Waals surface area contributed by atoms with Crippen molar-refractivity contribution in [2.45, 2.75) is 45.7 Å². The molecule has 0 aliphatic carbocycles. The zero-order chi connectivity index (χ0) is 21.6. The molecule has 6 nitrogen and oxygen atoms in total. The molecule has 0 saturated heterocycles. The Bertz CT molecular complexity index is 905. The minimum Gasteiger partial charge on any atom is -0.493 e. The standard InChI is InChI=1S/C24H32N4O2.HI/c1-24(2,3)28-22(29)16-27-23(25-4)26-15-17-7-9-18(10-8-17)19-11-12-21-20(14-19)6-5-13-30-21;/h7-12,14H,5-6,13,15-16H2,1-4H3,(H,28,29)(H2,25,26,27);1H. The second kappa shape index (κ2) is 11.4. The van der Waals surface area contributed by atoms with Crippen LogP contribution in [0.25, 0.3) is 11.1 Å².